The minimum Gasteiger partial charge on any atom is -0.394 e. The Kier molecular flexibility index (Phi) is 6.30. The molecule has 6 N–H and O–H groups in total. The molecule has 0 aliphatic heterocycles. The Morgan fingerprint density at radius 1 is 1.08 bits per heavy atom. The normalized spacial score (nSPS) is 18.2. The predicted molar refractivity (Wildman–Crippen MR) is 77.4 cm³/mol. The lowest BCUT2D eigenvalue weighted by molar-refractivity contribution is -0.152. The van der Waals surface area contributed by atoms with Crippen molar-refractivity contribution in [2.75, 3.05) is 6.61 Å². The quantitative estimate of drug-likeness (QED) is 0.158. The highest BCUT2D eigenvalue weighted by molar-refractivity contribution is 7.88. The zero-order valence-electron chi connectivity index (χ0n) is 12.1. The lowest BCUT2D eigenvalue weighted by Gasteiger charge is -2.32. The molecule has 1 rings (SSSR count). The molecule has 0 aromatic heterocycles. The van der Waals surface area contributed by atoms with Gasteiger partial charge in [0, 0.05) is 5.56 Å². The van der Waals surface area contributed by atoms with Gasteiger partial charge in [0.25, 0.3) is 10.7 Å². The van der Waals surface area contributed by atoms with Crippen LogP contribution in [0.15, 0.2) is 30.3 Å². The van der Waals surface area contributed by atoms with Gasteiger partial charge in [-0.15, -0.1) is 0 Å². The molecule has 0 heterocycles. The number of aliphatic hydroxyl groups is 5. The molecule has 0 fully saturated rings. The maximum Gasteiger partial charge on any atom is 0.305 e. The number of rotatable bonds is 8. The molecular weight excluding hydrogens is 348 g/mol. The first-order valence-corrected chi connectivity index (χ1v) is 7.91. The van der Waals surface area contributed by atoms with E-state index in [1.807, 2.05) is 0 Å². The smallest absolute Gasteiger partial charge is 0.305 e. The van der Waals surface area contributed by atoms with Crippen molar-refractivity contribution in [1.82, 2.24) is 0 Å². The SMILES string of the molecule is O=C(C(=O)[C@](O)([C@@H](O)[C@H](O)[C@H](O)CO)S(=O)(=O)O)c1ccccc1. The average molecular weight is 364 g/mol. The zero-order chi connectivity index (χ0) is 18.7. The van der Waals surface area contributed by atoms with E-state index >= 15 is 0 Å². The molecule has 0 amide bonds. The Hall–Kier alpha value is -1.73. The van der Waals surface area contributed by atoms with Gasteiger partial charge in [0.05, 0.1) is 6.61 Å². The molecule has 1 aromatic rings. The summed E-state index contributed by atoms with van der Waals surface area (Å²) in [5.41, 5.74) is -0.353. The summed E-state index contributed by atoms with van der Waals surface area (Å²) in [6, 6.07) is 6.35. The van der Waals surface area contributed by atoms with Gasteiger partial charge in [0.1, 0.15) is 18.3 Å². The lowest BCUT2D eigenvalue weighted by Crippen LogP contribution is -2.63. The molecule has 0 spiro atoms. The number of benzene rings is 1. The number of hydrogen-bond acceptors (Lipinski definition) is 9. The topological polar surface area (TPSA) is 190 Å². The molecule has 0 saturated carbocycles. The monoisotopic (exact) mass is 364 g/mol. The third kappa shape index (κ3) is 3.67. The standard InChI is InChI=1S/C13H16O10S/c14-6-8(15)10(17)12(19)13(20,24(21,22)23)11(18)9(16)7-4-2-1-3-5-7/h1-5,8,10,12,14-15,17,19-20H,6H2,(H,21,22,23)/t8-,10-,12+,13-/m1/s1. The van der Waals surface area contributed by atoms with E-state index in [4.69, 9.17) is 9.66 Å². The lowest BCUT2D eigenvalue weighted by atomic mass is 9.95. The van der Waals surface area contributed by atoms with Crippen molar-refractivity contribution in [2.24, 2.45) is 0 Å². The van der Waals surface area contributed by atoms with Gasteiger partial charge in [-0.25, -0.2) is 0 Å². The van der Waals surface area contributed by atoms with Crippen LogP contribution in [0.5, 0.6) is 0 Å². The second-order valence-corrected chi connectivity index (χ2v) is 6.45. The maximum absolute atomic E-state index is 12.1. The van der Waals surface area contributed by atoms with E-state index in [-0.39, 0.29) is 5.56 Å². The van der Waals surface area contributed by atoms with Crippen LogP contribution in [-0.2, 0) is 14.9 Å². The minimum atomic E-state index is -5.82. The summed E-state index contributed by atoms with van der Waals surface area (Å²) in [5.74, 6) is -3.71. The summed E-state index contributed by atoms with van der Waals surface area (Å²) in [5, 5.41) is 47.2. The fraction of sp³-hybridized carbons (Fsp3) is 0.385. The first-order valence-electron chi connectivity index (χ1n) is 6.47. The number of ketones is 2. The highest BCUT2D eigenvalue weighted by Gasteiger charge is 2.59. The number of carbonyl (C=O) groups excluding carboxylic acids is 2. The maximum atomic E-state index is 12.1. The highest BCUT2D eigenvalue weighted by Crippen LogP contribution is 2.25. The van der Waals surface area contributed by atoms with Crippen LogP contribution in [0.3, 0.4) is 0 Å². The summed E-state index contributed by atoms with van der Waals surface area (Å²) in [6.07, 6.45) is -7.74. The van der Waals surface area contributed by atoms with Crippen molar-refractivity contribution in [3.8, 4) is 0 Å². The first-order chi connectivity index (χ1) is 11.0. The van der Waals surface area contributed by atoms with Crippen LogP contribution in [0.25, 0.3) is 0 Å². The molecule has 0 radical (unpaired) electrons. The largest absolute Gasteiger partial charge is 0.394 e. The third-order valence-electron chi connectivity index (χ3n) is 3.27. The first kappa shape index (κ1) is 20.3. The fourth-order valence-electron chi connectivity index (χ4n) is 1.84. The molecule has 11 heteroatoms. The van der Waals surface area contributed by atoms with E-state index in [1.54, 1.807) is 0 Å². The van der Waals surface area contributed by atoms with Crippen molar-refractivity contribution in [3.05, 3.63) is 35.9 Å². The third-order valence-corrected chi connectivity index (χ3v) is 4.48. The van der Waals surface area contributed by atoms with Crippen molar-refractivity contribution in [3.63, 3.8) is 0 Å². The van der Waals surface area contributed by atoms with Crippen LogP contribution in [0.1, 0.15) is 10.4 Å². The molecule has 0 bridgehead atoms. The van der Waals surface area contributed by atoms with E-state index in [1.165, 1.54) is 18.2 Å². The summed E-state index contributed by atoms with van der Waals surface area (Å²) in [7, 11) is -5.82. The summed E-state index contributed by atoms with van der Waals surface area (Å²) in [4.78, 5) is 20.0. The van der Waals surface area contributed by atoms with E-state index in [9.17, 15) is 38.4 Å². The molecule has 4 atom stereocenters. The Labute approximate surface area is 136 Å². The van der Waals surface area contributed by atoms with Crippen molar-refractivity contribution < 1.29 is 48.1 Å². The Bertz CT molecular complexity index is 701. The average Bonchev–Trinajstić information content (AvgIpc) is 2.57. The van der Waals surface area contributed by atoms with Crippen molar-refractivity contribution in [1.29, 1.82) is 0 Å². The second-order valence-electron chi connectivity index (χ2n) is 4.88. The zero-order valence-corrected chi connectivity index (χ0v) is 12.9. The van der Waals surface area contributed by atoms with E-state index in [0.29, 0.717) is 0 Å². The van der Waals surface area contributed by atoms with Crippen molar-refractivity contribution >= 4 is 21.7 Å². The van der Waals surface area contributed by atoms with E-state index in [2.05, 4.69) is 0 Å². The molecule has 0 unspecified atom stereocenters. The summed E-state index contributed by atoms with van der Waals surface area (Å²) < 4.78 is 31.9. The summed E-state index contributed by atoms with van der Waals surface area (Å²) in [6.45, 7) is -1.17. The van der Waals surface area contributed by atoms with Crippen LogP contribution >= 0.6 is 0 Å². The van der Waals surface area contributed by atoms with Crippen molar-refractivity contribution in [2.45, 2.75) is 23.2 Å². The van der Waals surface area contributed by atoms with E-state index < -0.39 is 51.5 Å². The number of carbonyl (C=O) groups is 2. The predicted octanol–water partition coefficient (Wildman–Crippen LogP) is -2.91. The van der Waals surface area contributed by atoms with E-state index in [0.717, 1.165) is 12.1 Å². The second kappa shape index (κ2) is 7.44. The summed E-state index contributed by atoms with van der Waals surface area (Å²) >= 11 is 0. The number of aliphatic hydroxyl groups excluding tert-OH is 4. The van der Waals surface area contributed by atoms with Gasteiger partial charge in [-0.1, -0.05) is 30.3 Å². The fourth-order valence-corrected chi connectivity index (χ4v) is 2.61. The molecule has 0 aliphatic rings. The minimum absolute atomic E-state index is 0.353. The molecule has 0 aliphatic carbocycles. The van der Waals surface area contributed by atoms with Crippen LogP contribution in [0.2, 0.25) is 0 Å². The van der Waals surface area contributed by atoms with Crippen LogP contribution < -0.4 is 0 Å². The number of hydrogen-bond donors (Lipinski definition) is 6. The van der Waals surface area contributed by atoms with Crippen LogP contribution in [0, 0.1) is 0 Å². The molecule has 24 heavy (non-hydrogen) atoms. The Morgan fingerprint density at radius 3 is 2.00 bits per heavy atom. The van der Waals surface area contributed by atoms with Gasteiger partial charge in [-0.05, 0) is 0 Å². The van der Waals surface area contributed by atoms with Gasteiger partial charge in [-0.2, -0.15) is 8.42 Å². The van der Waals surface area contributed by atoms with Crippen LogP contribution in [0.4, 0.5) is 0 Å². The molecular formula is C13H16O10S. The van der Waals surface area contributed by atoms with Gasteiger partial charge in [-0.3, -0.25) is 14.1 Å². The van der Waals surface area contributed by atoms with Gasteiger partial charge < -0.3 is 25.5 Å². The van der Waals surface area contributed by atoms with Gasteiger partial charge >= 0.3 is 10.1 Å². The molecule has 1 aromatic carbocycles. The number of Topliss-reactive ketones (excluding diaryl/α,β-unsaturated/α-hetero) is 2. The van der Waals surface area contributed by atoms with Gasteiger partial charge in [0.2, 0.25) is 5.78 Å². The highest BCUT2D eigenvalue weighted by atomic mass is 32.2. The molecule has 0 saturated heterocycles. The van der Waals surface area contributed by atoms with Gasteiger partial charge in [0.15, 0.2) is 0 Å². The Balaban J connectivity index is 3.36. The Morgan fingerprint density at radius 2 is 1.58 bits per heavy atom. The van der Waals surface area contributed by atoms with Crippen LogP contribution in [-0.4, -0.2) is 79.9 Å². The molecule has 134 valence electrons. The molecule has 10 nitrogen and oxygen atoms in total.